The molecule has 0 aliphatic heterocycles. The molecular weight excluding hydrogens is 266 g/mol. The maximum Gasteiger partial charge on any atom is 0.268 e. The number of para-hydroxylation sites is 1. The highest BCUT2D eigenvalue weighted by molar-refractivity contribution is 6.00. The fourth-order valence-corrected chi connectivity index (χ4v) is 3.00. The number of benzene rings is 1. The van der Waals surface area contributed by atoms with Crippen LogP contribution in [0.25, 0.3) is 10.9 Å². The number of hydrogen-bond donors (Lipinski definition) is 4. The van der Waals surface area contributed by atoms with Crippen LogP contribution in [-0.4, -0.2) is 28.1 Å². The molecule has 21 heavy (non-hydrogen) atoms. The number of hydrogen-bond acceptors (Lipinski definition) is 3. The first-order chi connectivity index (χ1) is 10.1. The van der Waals surface area contributed by atoms with Crippen LogP contribution in [0.2, 0.25) is 0 Å². The molecule has 1 fully saturated rings. The molecule has 0 saturated heterocycles. The van der Waals surface area contributed by atoms with E-state index in [2.05, 4.69) is 10.3 Å². The summed E-state index contributed by atoms with van der Waals surface area (Å²) in [5.74, 6) is -0.184. The zero-order valence-corrected chi connectivity index (χ0v) is 11.9. The third kappa shape index (κ3) is 2.88. The molecule has 2 unspecified atom stereocenters. The number of rotatable bonds is 2. The number of carbonyl (C=O) groups excluding carboxylic acids is 1. The number of amides is 1. The van der Waals surface area contributed by atoms with Crippen LogP contribution in [0.15, 0.2) is 24.3 Å². The van der Waals surface area contributed by atoms with E-state index in [1.165, 1.54) is 0 Å². The zero-order valence-electron chi connectivity index (χ0n) is 11.9. The highest BCUT2D eigenvalue weighted by Crippen LogP contribution is 2.22. The van der Waals surface area contributed by atoms with Gasteiger partial charge in [0, 0.05) is 5.39 Å². The lowest BCUT2D eigenvalue weighted by atomic mass is 10.1. The summed E-state index contributed by atoms with van der Waals surface area (Å²) in [5.41, 5.74) is 7.79. The highest BCUT2D eigenvalue weighted by Gasteiger charge is 2.24. The van der Waals surface area contributed by atoms with Crippen LogP contribution >= 0.6 is 0 Å². The number of H-pyrrole nitrogens is 1. The zero-order chi connectivity index (χ0) is 14.8. The summed E-state index contributed by atoms with van der Waals surface area (Å²) in [7, 11) is 0. The minimum Gasteiger partial charge on any atom is -0.397 e. The molecule has 1 aromatic heterocycles. The fourth-order valence-electron chi connectivity index (χ4n) is 3.00. The molecule has 112 valence electrons. The standard InChI is InChI=1S/C16H21N3O2/c17-11-6-4-5-10-9-13(18-15(10)11)16(21)19-12-7-2-1-3-8-14(12)20/h4-6,9,12,14,18,20H,1-3,7-8,17H2,(H,19,21). The molecular formula is C16H21N3O2. The van der Waals surface area contributed by atoms with Crippen LogP contribution in [0.5, 0.6) is 0 Å². The van der Waals surface area contributed by atoms with Crippen LogP contribution in [0, 0.1) is 0 Å². The lowest BCUT2D eigenvalue weighted by Gasteiger charge is -2.21. The summed E-state index contributed by atoms with van der Waals surface area (Å²) in [5, 5.41) is 13.9. The molecule has 1 amide bonds. The number of anilines is 1. The third-order valence-electron chi connectivity index (χ3n) is 4.23. The number of aliphatic hydroxyl groups excluding tert-OH is 1. The van der Waals surface area contributed by atoms with Crippen molar-refractivity contribution in [2.75, 3.05) is 5.73 Å². The van der Waals surface area contributed by atoms with E-state index in [-0.39, 0.29) is 11.9 Å². The van der Waals surface area contributed by atoms with Gasteiger partial charge in [0.1, 0.15) is 5.69 Å². The highest BCUT2D eigenvalue weighted by atomic mass is 16.3. The summed E-state index contributed by atoms with van der Waals surface area (Å²) in [6, 6.07) is 7.21. The minimum absolute atomic E-state index is 0.163. The van der Waals surface area contributed by atoms with Crippen LogP contribution < -0.4 is 11.1 Å². The molecule has 2 atom stereocenters. The maximum atomic E-state index is 12.4. The molecule has 5 nitrogen and oxygen atoms in total. The van der Waals surface area contributed by atoms with Gasteiger partial charge in [0.2, 0.25) is 0 Å². The number of fused-ring (bicyclic) bond motifs is 1. The lowest BCUT2D eigenvalue weighted by Crippen LogP contribution is -2.42. The predicted molar refractivity (Wildman–Crippen MR) is 83.1 cm³/mol. The molecule has 1 aliphatic carbocycles. The van der Waals surface area contributed by atoms with Gasteiger partial charge in [0.05, 0.1) is 23.3 Å². The van der Waals surface area contributed by atoms with Crippen molar-refractivity contribution >= 4 is 22.5 Å². The molecule has 0 radical (unpaired) electrons. The minimum atomic E-state index is -0.453. The second-order valence-corrected chi connectivity index (χ2v) is 5.78. The number of aliphatic hydroxyl groups is 1. The molecule has 0 bridgehead atoms. The topological polar surface area (TPSA) is 91.1 Å². The van der Waals surface area contributed by atoms with Gasteiger partial charge < -0.3 is 21.1 Å². The number of aromatic nitrogens is 1. The molecule has 3 rings (SSSR count). The Morgan fingerprint density at radius 3 is 2.90 bits per heavy atom. The van der Waals surface area contributed by atoms with E-state index in [1.807, 2.05) is 12.1 Å². The third-order valence-corrected chi connectivity index (χ3v) is 4.23. The molecule has 0 spiro atoms. The Kier molecular flexibility index (Phi) is 3.84. The van der Waals surface area contributed by atoms with Crippen molar-refractivity contribution in [2.24, 2.45) is 0 Å². The first-order valence-electron chi connectivity index (χ1n) is 7.51. The average Bonchev–Trinajstić information content (AvgIpc) is 2.81. The molecule has 1 heterocycles. The van der Waals surface area contributed by atoms with Gasteiger partial charge in [-0.05, 0) is 25.0 Å². The van der Waals surface area contributed by atoms with Gasteiger partial charge in [-0.15, -0.1) is 0 Å². The Bertz CT molecular complexity index is 650. The number of nitrogen functional groups attached to an aromatic ring is 1. The van der Waals surface area contributed by atoms with Crippen molar-refractivity contribution < 1.29 is 9.90 Å². The number of carbonyl (C=O) groups is 1. The van der Waals surface area contributed by atoms with E-state index in [0.717, 1.165) is 43.0 Å². The summed E-state index contributed by atoms with van der Waals surface area (Å²) < 4.78 is 0. The molecule has 1 aliphatic rings. The molecule has 5 heteroatoms. The molecule has 1 saturated carbocycles. The lowest BCUT2D eigenvalue weighted by molar-refractivity contribution is 0.0815. The van der Waals surface area contributed by atoms with Gasteiger partial charge in [-0.25, -0.2) is 0 Å². The Morgan fingerprint density at radius 1 is 1.29 bits per heavy atom. The van der Waals surface area contributed by atoms with Crippen LogP contribution in [0.3, 0.4) is 0 Å². The van der Waals surface area contributed by atoms with Gasteiger partial charge in [-0.2, -0.15) is 0 Å². The Hall–Kier alpha value is -2.01. The van der Waals surface area contributed by atoms with Crippen molar-refractivity contribution in [1.29, 1.82) is 0 Å². The fraction of sp³-hybridized carbons (Fsp3) is 0.438. The molecule has 5 N–H and O–H groups in total. The van der Waals surface area contributed by atoms with E-state index in [1.54, 1.807) is 12.1 Å². The Balaban J connectivity index is 1.78. The number of nitrogens with one attached hydrogen (secondary N) is 2. The predicted octanol–water partition coefficient (Wildman–Crippen LogP) is 2.17. The first kappa shape index (κ1) is 13.9. The average molecular weight is 287 g/mol. The number of nitrogens with two attached hydrogens (primary N) is 1. The van der Waals surface area contributed by atoms with Gasteiger partial charge in [-0.3, -0.25) is 4.79 Å². The van der Waals surface area contributed by atoms with Crippen molar-refractivity contribution in [3.63, 3.8) is 0 Å². The second kappa shape index (κ2) is 5.77. The van der Waals surface area contributed by atoms with E-state index >= 15 is 0 Å². The van der Waals surface area contributed by atoms with Gasteiger partial charge >= 0.3 is 0 Å². The van der Waals surface area contributed by atoms with Gasteiger partial charge in [0.15, 0.2) is 0 Å². The van der Waals surface area contributed by atoms with E-state index in [0.29, 0.717) is 11.4 Å². The SMILES string of the molecule is Nc1cccc2cc(C(=O)NC3CCCCCC3O)[nH]c12. The van der Waals surface area contributed by atoms with Crippen LogP contribution in [0.4, 0.5) is 5.69 Å². The molecule has 1 aromatic carbocycles. The van der Waals surface area contributed by atoms with Crippen molar-refractivity contribution in [3.05, 3.63) is 30.0 Å². The summed E-state index contributed by atoms with van der Waals surface area (Å²) in [6.07, 6.45) is 4.32. The second-order valence-electron chi connectivity index (χ2n) is 5.78. The molecule has 2 aromatic rings. The Morgan fingerprint density at radius 2 is 2.10 bits per heavy atom. The summed E-state index contributed by atoms with van der Waals surface area (Å²) in [4.78, 5) is 15.4. The quantitative estimate of drug-likeness (QED) is 0.504. The summed E-state index contributed by atoms with van der Waals surface area (Å²) >= 11 is 0. The monoisotopic (exact) mass is 287 g/mol. The summed E-state index contributed by atoms with van der Waals surface area (Å²) in [6.45, 7) is 0. The van der Waals surface area contributed by atoms with Gasteiger partial charge in [-0.1, -0.05) is 31.4 Å². The van der Waals surface area contributed by atoms with E-state index < -0.39 is 6.10 Å². The van der Waals surface area contributed by atoms with Crippen LogP contribution in [0.1, 0.15) is 42.6 Å². The van der Waals surface area contributed by atoms with Crippen LogP contribution in [-0.2, 0) is 0 Å². The van der Waals surface area contributed by atoms with Gasteiger partial charge in [0.25, 0.3) is 5.91 Å². The van der Waals surface area contributed by atoms with Crippen molar-refractivity contribution in [3.8, 4) is 0 Å². The largest absolute Gasteiger partial charge is 0.397 e. The van der Waals surface area contributed by atoms with Crippen molar-refractivity contribution in [1.82, 2.24) is 10.3 Å². The maximum absolute atomic E-state index is 12.4. The smallest absolute Gasteiger partial charge is 0.268 e. The van der Waals surface area contributed by atoms with E-state index in [4.69, 9.17) is 5.73 Å². The number of aromatic amines is 1. The van der Waals surface area contributed by atoms with E-state index in [9.17, 15) is 9.90 Å². The Labute approximate surface area is 123 Å². The normalized spacial score (nSPS) is 22.9. The van der Waals surface area contributed by atoms with Crippen molar-refractivity contribution in [2.45, 2.75) is 44.2 Å². The first-order valence-corrected chi connectivity index (χ1v) is 7.51.